The summed E-state index contributed by atoms with van der Waals surface area (Å²) < 4.78 is 9.82. The van der Waals surface area contributed by atoms with Crippen LogP contribution in [0, 0.1) is 6.92 Å². The van der Waals surface area contributed by atoms with E-state index in [1.165, 1.54) is 5.69 Å². The summed E-state index contributed by atoms with van der Waals surface area (Å²) >= 11 is 0. The lowest BCUT2D eigenvalue weighted by molar-refractivity contribution is 0.0781. The molecule has 0 aliphatic carbocycles. The zero-order valence-corrected chi connectivity index (χ0v) is 13.4. The van der Waals surface area contributed by atoms with E-state index in [0.717, 1.165) is 30.9 Å². The number of para-hydroxylation sites is 1. The van der Waals surface area contributed by atoms with Gasteiger partial charge in [0.25, 0.3) is 0 Å². The Bertz CT molecular complexity index is 623. The van der Waals surface area contributed by atoms with Crippen LogP contribution in [0.5, 0.6) is 0 Å². The van der Waals surface area contributed by atoms with E-state index in [1.807, 2.05) is 13.1 Å². The Kier molecular flexibility index (Phi) is 5.39. The molecule has 0 unspecified atom stereocenters. The van der Waals surface area contributed by atoms with Crippen molar-refractivity contribution >= 4 is 0 Å². The molecule has 0 atom stereocenters. The molecule has 0 amide bonds. The van der Waals surface area contributed by atoms with E-state index in [2.05, 4.69) is 60.4 Å². The third-order valence-corrected chi connectivity index (χ3v) is 3.27. The number of nitrogens with zero attached hydrogens (tertiary/aromatic N) is 3. The van der Waals surface area contributed by atoms with Crippen molar-refractivity contribution in [1.29, 1.82) is 0 Å². The lowest BCUT2D eigenvalue weighted by Crippen LogP contribution is -2.24. The number of aromatic nitrogens is 2. The average Bonchev–Trinajstić information content (AvgIpc) is 2.73. The van der Waals surface area contributed by atoms with Gasteiger partial charge in [-0.2, -0.15) is 0 Å². The van der Waals surface area contributed by atoms with Crippen LogP contribution in [0.25, 0.3) is 5.69 Å². The first-order valence-electron chi connectivity index (χ1n) is 7.52. The molecule has 0 aliphatic rings. The quantitative estimate of drug-likeness (QED) is 0.752. The Morgan fingerprint density at radius 2 is 1.90 bits per heavy atom. The third-order valence-electron chi connectivity index (χ3n) is 3.27. The molecule has 0 spiro atoms. The smallest absolute Gasteiger partial charge is 0.209 e. The first kappa shape index (κ1) is 15.6. The molecular weight excluding hydrogens is 262 g/mol. The topological polar surface area (TPSA) is 31.4 Å². The Morgan fingerprint density at radius 1 is 1.19 bits per heavy atom. The highest BCUT2D eigenvalue weighted by molar-refractivity contribution is 5.33. The second-order valence-corrected chi connectivity index (χ2v) is 5.51. The molecule has 2 rings (SSSR count). The van der Waals surface area contributed by atoms with Crippen molar-refractivity contribution in [3.05, 3.63) is 47.8 Å². The SMILES string of the molecule is Cc1cn(C)c(=NCCCOC(C)C)n1-c1ccccc1. The predicted octanol–water partition coefficient (Wildman–Crippen LogP) is 2.84. The normalized spacial score (nSPS) is 12.3. The van der Waals surface area contributed by atoms with Crippen molar-refractivity contribution in [2.45, 2.75) is 33.3 Å². The minimum Gasteiger partial charge on any atom is -0.379 e. The van der Waals surface area contributed by atoms with Gasteiger partial charge in [0.2, 0.25) is 5.62 Å². The Balaban J connectivity index is 2.19. The Labute approximate surface area is 126 Å². The molecule has 0 radical (unpaired) electrons. The summed E-state index contributed by atoms with van der Waals surface area (Å²) in [5.41, 5.74) is 3.30. The summed E-state index contributed by atoms with van der Waals surface area (Å²) in [6.07, 6.45) is 3.34. The molecule has 4 heteroatoms. The van der Waals surface area contributed by atoms with Crippen molar-refractivity contribution in [1.82, 2.24) is 9.13 Å². The van der Waals surface area contributed by atoms with Gasteiger partial charge in [-0.05, 0) is 39.3 Å². The second kappa shape index (κ2) is 7.27. The summed E-state index contributed by atoms with van der Waals surface area (Å²) in [5, 5.41) is 0. The van der Waals surface area contributed by atoms with Crippen molar-refractivity contribution in [3.8, 4) is 5.69 Å². The Morgan fingerprint density at radius 3 is 2.57 bits per heavy atom. The van der Waals surface area contributed by atoms with Crippen LogP contribution in [0.3, 0.4) is 0 Å². The van der Waals surface area contributed by atoms with Gasteiger partial charge in [0.1, 0.15) is 0 Å². The molecular formula is C17H25N3O. The molecule has 0 saturated carbocycles. The van der Waals surface area contributed by atoms with Gasteiger partial charge < -0.3 is 9.30 Å². The minimum atomic E-state index is 0.288. The maximum absolute atomic E-state index is 5.56. The standard InChI is InChI=1S/C17H25N3O/c1-14(2)21-12-8-11-18-17-19(4)13-15(3)20(17)16-9-6-5-7-10-16/h5-7,9-10,13-14H,8,11-12H2,1-4H3. The van der Waals surface area contributed by atoms with Crippen molar-refractivity contribution in [3.63, 3.8) is 0 Å². The molecule has 0 bridgehead atoms. The van der Waals surface area contributed by atoms with Gasteiger partial charge in [0, 0.05) is 37.8 Å². The minimum absolute atomic E-state index is 0.288. The number of imidazole rings is 1. The molecule has 1 aromatic carbocycles. The summed E-state index contributed by atoms with van der Waals surface area (Å²) in [6.45, 7) is 7.75. The lowest BCUT2D eigenvalue weighted by atomic mass is 10.3. The number of ether oxygens (including phenoxy) is 1. The van der Waals surface area contributed by atoms with Gasteiger partial charge in [-0.3, -0.25) is 9.56 Å². The fourth-order valence-corrected chi connectivity index (χ4v) is 2.35. The number of aryl methyl sites for hydroxylation is 2. The molecule has 1 heterocycles. The molecule has 0 aliphatic heterocycles. The van der Waals surface area contributed by atoms with Crippen LogP contribution in [-0.4, -0.2) is 28.4 Å². The van der Waals surface area contributed by atoms with Crippen molar-refractivity contribution in [2.75, 3.05) is 13.2 Å². The van der Waals surface area contributed by atoms with E-state index >= 15 is 0 Å². The average molecular weight is 287 g/mol. The number of benzene rings is 1. The third kappa shape index (κ3) is 4.08. The summed E-state index contributed by atoms with van der Waals surface area (Å²) in [5.74, 6) is 0. The molecule has 0 fully saturated rings. The monoisotopic (exact) mass is 287 g/mol. The zero-order chi connectivity index (χ0) is 15.2. The van der Waals surface area contributed by atoms with Crippen LogP contribution in [0.4, 0.5) is 0 Å². The van der Waals surface area contributed by atoms with Gasteiger partial charge in [-0.1, -0.05) is 18.2 Å². The molecule has 2 aromatic rings. The van der Waals surface area contributed by atoms with Crippen LogP contribution in [0.2, 0.25) is 0 Å². The predicted molar refractivity (Wildman–Crippen MR) is 85.6 cm³/mol. The number of rotatable bonds is 6. The van der Waals surface area contributed by atoms with Gasteiger partial charge in [-0.15, -0.1) is 0 Å². The maximum atomic E-state index is 5.56. The van der Waals surface area contributed by atoms with Gasteiger partial charge in [0.05, 0.1) is 6.10 Å². The van der Waals surface area contributed by atoms with Crippen molar-refractivity contribution < 1.29 is 4.74 Å². The van der Waals surface area contributed by atoms with Gasteiger partial charge >= 0.3 is 0 Å². The van der Waals surface area contributed by atoms with E-state index in [9.17, 15) is 0 Å². The van der Waals surface area contributed by atoms with E-state index in [4.69, 9.17) is 9.73 Å². The first-order chi connectivity index (χ1) is 10.1. The highest BCUT2D eigenvalue weighted by atomic mass is 16.5. The summed E-state index contributed by atoms with van der Waals surface area (Å²) in [4.78, 5) is 4.75. The number of hydrogen-bond donors (Lipinski definition) is 0. The highest BCUT2D eigenvalue weighted by Gasteiger charge is 2.05. The van der Waals surface area contributed by atoms with Crippen LogP contribution < -0.4 is 5.62 Å². The number of hydrogen-bond acceptors (Lipinski definition) is 2. The second-order valence-electron chi connectivity index (χ2n) is 5.51. The lowest BCUT2D eigenvalue weighted by Gasteiger charge is -2.07. The van der Waals surface area contributed by atoms with E-state index in [1.54, 1.807) is 0 Å². The van der Waals surface area contributed by atoms with Gasteiger partial charge in [0.15, 0.2) is 0 Å². The van der Waals surface area contributed by atoms with E-state index in [0.29, 0.717) is 0 Å². The van der Waals surface area contributed by atoms with E-state index in [-0.39, 0.29) is 6.10 Å². The molecule has 0 N–H and O–H groups in total. The first-order valence-corrected chi connectivity index (χ1v) is 7.52. The van der Waals surface area contributed by atoms with Gasteiger partial charge in [-0.25, -0.2) is 0 Å². The zero-order valence-electron chi connectivity index (χ0n) is 13.4. The van der Waals surface area contributed by atoms with E-state index < -0.39 is 0 Å². The van der Waals surface area contributed by atoms with Crippen LogP contribution >= 0.6 is 0 Å². The maximum Gasteiger partial charge on any atom is 0.209 e. The Hall–Kier alpha value is -1.81. The summed E-state index contributed by atoms with van der Waals surface area (Å²) in [7, 11) is 2.04. The molecule has 114 valence electrons. The fraction of sp³-hybridized carbons (Fsp3) is 0.471. The van der Waals surface area contributed by atoms with Crippen LogP contribution in [0.15, 0.2) is 41.5 Å². The molecule has 0 saturated heterocycles. The molecule has 21 heavy (non-hydrogen) atoms. The fourth-order valence-electron chi connectivity index (χ4n) is 2.35. The largest absolute Gasteiger partial charge is 0.379 e. The molecule has 4 nitrogen and oxygen atoms in total. The van der Waals surface area contributed by atoms with Crippen LogP contribution in [0.1, 0.15) is 26.0 Å². The summed E-state index contributed by atoms with van der Waals surface area (Å²) in [6, 6.07) is 10.3. The van der Waals surface area contributed by atoms with Crippen LogP contribution in [-0.2, 0) is 11.8 Å². The molecule has 1 aromatic heterocycles. The van der Waals surface area contributed by atoms with Crippen molar-refractivity contribution in [2.24, 2.45) is 12.0 Å². The highest BCUT2D eigenvalue weighted by Crippen LogP contribution is 2.07.